The van der Waals surface area contributed by atoms with Crippen molar-refractivity contribution in [2.45, 2.75) is 46.1 Å². The molecule has 0 aromatic carbocycles. The van der Waals surface area contributed by atoms with E-state index in [4.69, 9.17) is 0 Å². The molecule has 0 N–H and O–H groups in total. The largest absolute Gasteiger partial charge is 0.356 e. The molecule has 0 spiro atoms. The quantitative estimate of drug-likeness (QED) is 0.594. The van der Waals surface area contributed by atoms with Crippen LogP contribution in [0, 0.1) is 19.8 Å². The summed E-state index contributed by atoms with van der Waals surface area (Å²) in [6, 6.07) is 2.39. The molecule has 3 aromatic heterocycles. The number of aryl methyl sites for hydroxylation is 2. The highest BCUT2D eigenvalue weighted by atomic mass is 32.1. The van der Waals surface area contributed by atoms with Gasteiger partial charge in [0.05, 0.1) is 11.4 Å². The molecular weight excluding hydrogens is 400 g/mol. The number of hydrogen-bond donors (Lipinski definition) is 0. The Morgan fingerprint density at radius 2 is 1.97 bits per heavy atom. The van der Waals surface area contributed by atoms with Crippen LogP contribution >= 0.6 is 22.7 Å². The Labute approximate surface area is 179 Å². The zero-order chi connectivity index (χ0) is 20.1. The van der Waals surface area contributed by atoms with Crippen molar-refractivity contribution in [2.75, 3.05) is 24.5 Å². The molecule has 1 amide bonds. The molecule has 1 unspecified atom stereocenters. The van der Waals surface area contributed by atoms with E-state index in [1.807, 2.05) is 11.3 Å². The molecule has 2 aliphatic rings. The fourth-order valence-corrected chi connectivity index (χ4v) is 6.74. The first-order valence-corrected chi connectivity index (χ1v) is 12.1. The molecule has 1 saturated heterocycles. The van der Waals surface area contributed by atoms with Crippen molar-refractivity contribution in [2.24, 2.45) is 5.92 Å². The summed E-state index contributed by atoms with van der Waals surface area (Å²) >= 11 is 3.56. The van der Waals surface area contributed by atoms with Crippen LogP contribution in [0.15, 0.2) is 17.8 Å². The molecule has 152 valence electrons. The lowest BCUT2D eigenvalue weighted by Crippen LogP contribution is -2.45. The van der Waals surface area contributed by atoms with Gasteiger partial charge in [0.1, 0.15) is 17.0 Å². The number of piperidine rings is 1. The summed E-state index contributed by atoms with van der Waals surface area (Å²) in [5.74, 6) is 1.50. The van der Waals surface area contributed by atoms with Crippen molar-refractivity contribution in [1.82, 2.24) is 14.9 Å². The van der Waals surface area contributed by atoms with E-state index >= 15 is 0 Å². The van der Waals surface area contributed by atoms with Crippen LogP contribution < -0.4 is 4.90 Å². The normalized spacial score (nSPS) is 20.3. The Bertz CT molecular complexity index is 1060. The first-order chi connectivity index (χ1) is 14.0. The number of aromatic nitrogens is 2. The van der Waals surface area contributed by atoms with Gasteiger partial charge in [-0.25, -0.2) is 9.97 Å². The van der Waals surface area contributed by atoms with E-state index in [1.165, 1.54) is 26.3 Å². The maximum absolute atomic E-state index is 13.3. The van der Waals surface area contributed by atoms with Crippen molar-refractivity contribution < 1.29 is 4.79 Å². The van der Waals surface area contributed by atoms with Crippen molar-refractivity contribution >= 4 is 44.6 Å². The van der Waals surface area contributed by atoms with E-state index in [1.54, 1.807) is 17.7 Å². The third kappa shape index (κ3) is 3.15. The number of anilines is 1. The third-order valence-electron chi connectivity index (χ3n) is 6.65. The van der Waals surface area contributed by atoms with Gasteiger partial charge in [-0.2, -0.15) is 0 Å². The van der Waals surface area contributed by atoms with Crippen LogP contribution in [0.2, 0.25) is 0 Å². The number of rotatable bonds is 2. The van der Waals surface area contributed by atoms with Gasteiger partial charge in [0.25, 0.3) is 0 Å². The van der Waals surface area contributed by atoms with Gasteiger partial charge in [-0.05, 0) is 62.6 Å². The second kappa shape index (κ2) is 7.36. The van der Waals surface area contributed by atoms with E-state index in [0.29, 0.717) is 5.91 Å². The maximum Gasteiger partial charge on any atom is 0.226 e. The summed E-state index contributed by atoms with van der Waals surface area (Å²) < 4.78 is 0. The zero-order valence-corrected chi connectivity index (χ0v) is 18.8. The molecule has 2 aliphatic heterocycles. The van der Waals surface area contributed by atoms with Gasteiger partial charge < -0.3 is 9.80 Å². The number of thiophene rings is 2. The molecule has 0 radical (unpaired) electrons. The summed E-state index contributed by atoms with van der Waals surface area (Å²) in [5, 5.41) is 3.35. The van der Waals surface area contributed by atoms with E-state index in [9.17, 15) is 4.79 Å². The van der Waals surface area contributed by atoms with Gasteiger partial charge in [-0.1, -0.05) is 0 Å². The Hall–Kier alpha value is -1.99. The summed E-state index contributed by atoms with van der Waals surface area (Å²) in [6.45, 7) is 9.10. The van der Waals surface area contributed by atoms with Gasteiger partial charge in [-0.15, -0.1) is 22.7 Å². The van der Waals surface area contributed by atoms with E-state index in [-0.39, 0.29) is 12.0 Å². The highest BCUT2D eigenvalue weighted by Gasteiger charge is 2.34. The minimum Gasteiger partial charge on any atom is -0.356 e. The van der Waals surface area contributed by atoms with E-state index in [0.717, 1.165) is 49.5 Å². The number of fused-ring (bicyclic) bond motifs is 2. The SMILES string of the molecule is Cc1sc2ncnc(N3CCC(C(=O)N4CCc5sccc5C4C)CC3)c2c1C. The van der Waals surface area contributed by atoms with Gasteiger partial charge in [0.2, 0.25) is 5.91 Å². The Balaban J connectivity index is 1.31. The van der Waals surface area contributed by atoms with Crippen molar-refractivity contribution in [1.29, 1.82) is 0 Å². The molecule has 0 saturated carbocycles. The lowest BCUT2D eigenvalue weighted by molar-refractivity contribution is -0.138. The molecule has 0 aliphatic carbocycles. The zero-order valence-electron chi connectivity index (χ0n) is 17.1. The van der Waals surface area contributed by atoms with Crippen molar-refractivity contribution in [3.8, 4) is 0 Å². The van der Waals surface area contributed by atoms with Crippen molar-refractivity contribution in [3.05, 3.63) is 38.7 Å². The highest BCUT2D eigenvalue weighted by molar-refractivity contribution is 7.18. The molecule has 7 heteroatoms. The van der Waals surface area contributed by atoms with Crippen LogP contribution in [0.25, 0.3) is 10.2 Å². The second-order valence-electron chi connectivity index (χ2n) is 8.18. The Kier molecular flexibility index (Phi) is 4.82. The molecular formula is C22H26N4OS2. The van der Waals surface area contributed by atoms with Crippen LogP contribution in [0.3, 0.4) is 0 Å². The number of carbonyl (C=O) groups excluding carboxylic acids is 1. The monoisotopic (exact) mass is 426 g/mol. The Morgan fingerprint density at radius 3 is 2.76 bits per heavy atom. The van der Waals surface area contributed by atoms with E-state index in [2.05, 4.69) is 52.0 Å². The smallest absolute Gasteiger partial charge is 0.226 e. The third-order valence-corrected chi connectivity index (χ3v) is 8.76. The maximum atomic E-state index is 13.3. The van der Waals surface area contributed by atoms with Crippen LogP contribution in [0.1, 0.15) is 46.7 Å². The highest BCUT2D eigenvalue weighted by Crippen LogP contribution is 2.37. The van der Waals surface area contributed by atoms with Crippen LogP contribution in [-0.2, 0) is 11.2 Å². The summed E-state index contributed by atoms with van der Waals surface area (Å²) in [6.07, 6.45) is 4.47. The standard InChI is InChI=1S/C22H26N4OS2/c1-13-15(3)29-21-19(13)20(23-12-24-21)25-8-4-16(5-9-25)22(27)26-10-6-18-17(14(26)2)7-11-28-18/h7,11-12,14,16H,4-6,8-10H2,1-3H3. The summed E-state index contributed by atoms with van der Waals surface area (Å²) in [4.78, 5) is 30.7. The fourth-order valence-electron chi connectivity index (χ4n) is 4.79. The molecule has 5 nitrogen and oxygen atoms in total. The van der Waals surface area contributed by atoms with Crippen molar-refractivity contribution in [3.63, 3.8) is 0 Å². The van der Waals surface area contributed by atoms with Gasteiger partial charge >= 0.3 is 0 Å². The van der Waals surface area contributed by atoms with E-state index < -0.39 is 0 Å². The minimum absolute atomic E-state index is 0.122. The predicted molar refractivity (Wildman–Crippen MR) is 120 cm³/mol. The lowest BCUT2D eigenvalue weighted by Gasteiger charge is -2.39. The van der Waals surface area contributed by atoms with Gasteiger partial charge in [-0.3, -0.25) is 4.79 Å². The molecule has 1 atom stereocenters. The average Bonchev–Trinajstić information content (AvgIpc) is 3.33. The molecule has 29 heavy (non-hydrogen) atoms. The lowest BCUT2D eigenvalue weighted by atomic mass is 9.92. The second-order valence-corrected chi connectivity index (χ2v) is 10.4. The van der Waals surface area contributed by atoms with Crippen LogP contribution in [0.4, 0.5) is 5.82 Å². The first-order valence-electron chi connectivity index (χ1n) is 10.4. The summed E-state index contributed by atoms with van der Waals surface area (Å²) in [5.41, 5.74) is 2.63. The predicted octanol–water partition coefficient (Wildman–Crippen LogP) is 4.73. The fraction of sp³-hybridized carbons (Fsp3) is 0.500. The van der Waals surface area contributed by atoms with Crippen LogP contribution in [-0.4, -0.2) is 40.4 Å². The van der Waals surface area contributed by atoms with Crippen LogP contribution in [0.5, 0.6) is 0 Å². The Morgan fingerprint density at radius 1 is 1.17 bits per heavy atom. The minimum atomic E-state index is 0.122. The molecule has 5 rings (SSSR count). The summed E-state index contributed by atoms with van der Waals surface area (Å²) in [7, 11) is 0. The average molecular weight is 427 g/mol. The molecule has 0 bridgehead atoms. The van der Waals surface area contributed by atoms with Gasteiger partial charge in [0.15, 0.2) is 0 Å². The number of hydrogen-bond acceptors (Lipinski definition) is 6. The number of carbonyl (C=O) groups is 1. The topological polar surface area (TPSA) is 49.3 Å². The number of amides is 1. The number of nitrogens with zero attached hydrogens (tertiary/aromatic N) is 4. The molecule has 5 heterocycles. The first kappa shape index (κ1) is 19.0. The van der Waals surface area contributed by atoms with Gasteiger partial charge in [0, 0.05) is 35.3 Å². The molecule has 1 fully saturated rings. The molecule has 3 aromatic rings.